The van der Waals surface area contributed by atoms with Gasteiger partial charge in [0.15, 0.2) is 0 Å². The second-order valence-corrected chi connectivity index (χ2v) is 6.25. The van der Waals surface area contributed by atoms with Crippen molar-refractivity contribution in [1.29, 1.82) is 0 Å². The van der Waals surface area contributed by atoms with Gasteiger partial charge in [-0.1, -0.05) is 19.1 Å². The van der Waals surface area contributed by atoms with Gasteiger partial charge in [-0.05, 0) is 35.7 Å². The number of nitrogens with one attached hydrogen (secondary N) is 1. The fourth-order valence-electron chi connectivity index (χ4n) is 3.13. The Bertz CT molecular complexity index is 834. The van der Waals surface area contributed by atoms with Gasteiger partial charge in [-0.2, -0.15) is 0 Å². The minimum absolute atomic E-state index is 0.253. The number of aromatic carboxylic acids is 1. The molecule has 132 valence electrons. The number of hydrogen-bond donors (Lipinski definition) is 4. The van der Waals surface area contributed by atoms with Crippen LogP contribution in [0.5, 0.6) is 0 Å². The van der Waals surface area contributed by atoms with Gasteiger partial charge in [0.2, 0.25) is 0 Å². The number of nitrogens with zero attached hydrogens (tertiary/aromatic N) is 1. The molecule has 7 heteroatoms. The maximum absolute atomic E-state index is 12.0. The molecule has 2 aromatic rings. The Morgan fingerprint density at radius 3 is 2.52 bits per heavy atom. The van der Waals surface area contributed by atoms with Crippen molar-refractivity contribution in [3.63, 3.8) is 0 Å². The van der Waals surface area contributed by atoms with Crippen molar-refractivity contribution in [2.45, 2.75) is 25.5 Å². The standard InChI is InChI=1S/C18H21N3O4/c1-2-10-7-13(18(24)25)17(23)20-16(10)11-3-5-12(6-4-11)21-8-14(19)15(22)9-21/h3-7,14-15,22H,2,8-9,19H2,1H3,(H,20,23)(H,24,25)/t14-,15+/m1/s1. The summed E-state index contributed by atoms with van der Waals surface area (Å²) in [6.07, 6.45) is 0.0627. The van der Waals surface area contributed by atoms with Crippen LogP contribution in [0.1, 0.15) is 22.8 Å². The molecule has 2 atom stereocenters. The predicted octanol–water partition coefficient (Wildman–Crippen LogP) is 0.811. The first-order chi connectivity index (χ1) is 11.9. The van der Waals surface area contributed by atoms with Gasteiger partial charge >= 0.3 is 5.97 Å². The summed E-state index contributed by atoms with van der Waals surface area (Å²) in [6.45, 7) is 2.99. The highest BCUT2D eigenvalue weighted by Crippen LogP contribution is 2.26. The van der Waals surface area contributed by atoms with E-state index in [2.05, 4.69) is 4.98 Å². The zero-order chi connectivity index (χ0) is 18.1. The molecule has 0 bridgehead atoms. The number of anilines is 1. The van der Waals surface area contributed by atoms with Crippen molar-refractivity contribution in [2.75, 3.05) is 18.0 Å². The summed E-state index contributed by atoms with van der Waals surface area (Å²) in [5, 5.41) is 18.9. The number of carboxylic acids is 1. The summed E-state index contributed by atoms with van der Waals surface area (Å²) >= 11 is 0. The summed E-state index contributed by atoms with van der Waals surface area (Å²) in [5.41, 5.74) is 8.12. The third kappa shape index (κ3) is 3.29. The normalized spacial score (nSPS) is 20.0. The van der Waals surface area contributed by atoms with Crippen molar-refractivity contribution >= 4 is 11.7 Å². The molecule has 0 unspecified atom stereocenters. The predicted molar refractivity (Wildman–Crippen MR) is 95.0 cm³/mol. The van der Waals surface area contributed by atoms with E-state index in [1.807, 2.05) is 36.1 Å². The van der Waals surface area contributed by atoms with E-state index in [9.17, 15) is 14.7 Å². The van der Waals surface area contributed by atoms with Crippen LogP contribution in [0.2, 0.25) is 0 Å². The van der Waals surface area contributed by atoms with E-state index < -0.39 is 17.6 Å². The number of benzene rings is 1. The third-order valence-electron chi connectivity index (χ3n) is 4.59. The molecule has 25 heavy (non-hydrogen) atoms. The minimum atomic E-state index is -1.23. The van der Waals surface area contributed by atoms with Crippen molar-refractivity contribution in [2.24, 2.45) is 5.73 Å². The maximum atomic E-state index is 12.0. The fraction of sp³-hybridized carbons (Fsp3) is 0.333. The summed E-state index contributed by atoms with van der Waals surface area (Å²) in [6, 6.07) is 8.73. The number of aryl methyl sites for hydroxylation is 1. The molecule has 0 aliphatic carbocycles. The van der Waals surface area contributed by atoms with Crippen LogP contribution >= 0.6 is 0 Å². The number of pyridine rings is 1. The molecule has 1 aliphatic heterocycles. The molecule has 1 saturated heterocycles. The number of aliphatic hydroxyl groups is 1. The van der Waals surface area contributed by atoms with E-state index in [0.717, 1.165) is 16.8 Å². The second kappa shape index (κ2) is 6.70. The van der Waals surface area contributed by atoms with Gasteiger partial charge in [-0.15, -0.1) is 0 Å². The number of hydrogen-bond acceptors (Lipinski definition) is 5. The molecule has 1 fully saturated rings. The summed E-state index contributed by atoms with van der Waals surface area (Å²) in [7, 11) is 0. The Kier molecular flexibility index (Phi) is 4.61. The monoisotopic (exact) mass is 343 g/mol. The Labute approximate surface area is 144 Å². The van der Waals surface area contributed by atoms with E-state index in [-0.39, 0.29) is 11.6 Å². The van der Waals surface area contributed by atoms with E-state index in [4.69, 9.17) is 10.8 Å². The number of aromatic nitrogens is 1. The van der Waals surface area contributed by atoms with Crippen LogP contribution in [-0.4, -0.2) is 46.4 Å². The summed E-state index contributed by atoms with van der Waals surface area (Å²) < 4.78 is 0. The number of carbonyl (C=O) groups is 1. The van der Waals surface area contributed by atoms with Gasteiger partial charge in [0.25, 0.3) is 5.56 Å². The molecular formula is C18H21N3O4. The number of rotatable bonds is 4. The van der Waals surface area contributed by atoms with Crippen LogP contribution in [-0.2, 0) is 6.42 Å². The first-order valence-corrected chi connectivity index (χ1v) is 8.19. The summed E-state index contributed by atoms with van der Waals surface area (Å²) in [5.74, 6) is -1.23. The quantitative estimate of drug-likeness (QED) is 0.652. The second-order valence-electron chi connectivity index (χ2n) is 6.25. The van der Waals surface area contributed by atoms with Gasteiger partial charge in [0.1, 0.15) is 5.56 Å². The zero-order valence-corrected chi connectivity index (χ0v) is 13.9. The lowest BCUT2D eigenvalue weighted by Gasteiger charge is -2.18. The molecule has 0 radical (unpaired) electrons. The Morgan fingerprint density at radius 2 is 2.00 bits per heavy atom. The molecule has 0 spiro atoms. The number of β-amino-alcohol motifs (C(OH)–C–C–N with tert-alkyl or cyclic N) is 1. The maximum Gasteiger partial charge on any atom is 0.341 e. The third-order valence-corrected chi connectivity index (χ3v) is 4.59. The molecule has 1 aromatic heterocycles. The largest absolute Gasteiger partial charge is 0.477 e. The molecule has 1 aromatic carbocycles. The highest BCUT2D eigenvalue weighted by Gasteiger charge is 2.28. The Morgan fingerprint density at radius 1 is 1.32 bits per heavy atom. The topological polar surface area (TPSA) is 120 Å². The van der Waals surface area contributed by atoms with Crippen LogP contribution < -0.4 is 16.2 Å². The highest BCUT2D eigenvalue weighted by atomic mass is 16.4. The Balaban J connectivity index is 1.94. The molecule has 0 amide bonds. The smallest absolute Gasteiger partial charge is 0.341 e. The molecule has 0 saturated carbocycles. The van der Waals surface area contributed by atoms with Crippen LogP contribution in [0.15, 0.2) is 35.1 Å². The lowest BCUT2D eigenvalue weighted by molar-refractivity contribution is 0.0695. The van der Waals surface area contributed by atoms with Crippen LogP contribution in [0.4, 0.5) is 5.69 Å². The van der Waals surface area contributed by atoms with Crippen LogP contribution in [0.25, 0.3) is 11.3 Å². The van der Waals surface area contributed by atoms with E-state index in [1.54, 1.807) is 0 Å². The van der Waals surface area contributed by atoms with Crippen LogP contribution in [0.3, 0.4) is 0 Å². The van der Waals surface area contributed by atoms with E-state index in [1.165, 1.54) is 6.07 Å². The van der Waals surface area contributed by atoms with Crippen molar-refractivity contribution in [3.8, 4) is 11.3 Å². The SMILES string of the molecule is CCc1cc(C(=O)O)c(=O)[nH]c1-c1ccc(N2C[C@@H](N)[C@@H](O)C2)cc1. The molecule has 5 N–H and O–H groups in total. The highest BCUT2D eigenvalue weighted by molar-refractivity contribution is 5.88. The van der Waals surface area contributed by atoms with Gasteiger partial charge in [-0.3, -0.25) is 4.79 Å². The molecule has 2 heterocycles. The lowest BCUT2D eigenvalue weighted by Crippen LogP contribution is -2.32. The summed E-state index contributed by atoms with van der Waals surface area (Å²) in [4.78, 5) is 27.8. The van der Waals surface area contributed by atoms with Crippen LogP contribution in [0, 0.1) is 0 Å². The minimum Gasteiger partial charge on any atom is -0.477 e. The fourth-order valence-corrected chi connectivity index (χ4v) is 3.13. The molecule has 7 nitrogen and oxygen atoms in total. The first kappa shape index (κ1) is 17.2. The van der Waals surface area contributed by atoms with Gasteiger partial charge in [0, 0.05) is 24.8 Å². The number of aliphatic hydroxyl groups excluding tert-OH is 1. The number of carboxylic acid groups (broad SMARTS) is 1. The molecule has 3 rings (SSSR count). The molecular weight excluding hydrogens is 322 g/mol. The van der Waals surface area contributed by atoms with E-state index >= 15 is 0 Å². The average Bonchev–Trinajstić information content (AvgIpc) is 2.93. The number of H-pyrrole nitrogens is 1. The van der Waals surface area contributed by atoms with Gasteiger partial charge in [-0.25, -0.2) is 4.79 Å². The van der Waals surface area contributed by atoms with Crippen molar-refractivity contribution in [3.05, 3.63) is 51.8 Å². The lowest BCUT2D eigenvalue weighted by atomic mass is 10.0. The molecule has 1 aliphatic rings. The van der Waals surface area contributed by atoms with Crippen molar-refractivity contribution in [1.82, 2.24) is 4.98 Å². The van der Waals surface area contributed by atoms with Crippen molar-refractivity contribution < 1.29 is 15.0 Å². The number of nitrogens with two attached hydrogens (primary N) is 1. The van der Waals surface area contributed by atoms with Gasteiger partial charge in [0.05, 0.1) is 11.8 Å². The Hall–Kier alpha value is -2.64. The zero-order valence-electron chi connectivity index (χ0n) is 13.9. The average molecular weight is 343 g/mol. The van der Waals surface area contributed by atoms with Gasteiger partial charge < -0.3 is 25.8 Å². The number of aromatic amines is 1. The first-order valence-electron chi connectivity index (χ1n) is 8.19. The van der Waals surface area contributed by atoms with E-state index in [0.29, 0.717) is 25.2 Å².